The van der Waals surface area contributed by atoms with E-state index in [-0.39, 0.29) is 0 Å². The molecule has 0 spiro atoms. The third-order valence-electron chi connectivity index (χ3n) is 4.08. The number of hydrogen-bond acceptors (Lipinski definition) is 2. The summed E-state index contributed by atoms with van der Waals surface area (Å²) in [4.78, 5) is 5.02. The number of hydrogen-bond donors (Lipinski definition) is 1. The minimum Gasteiger partial charge on any atom is -0.366 e. The summed E-state index contributed by atoms with van der Waals surface area (Å²) in [6.07, 6.45) is 8.04. The largest absolute Gasteiger partial charge is 0.366 e. The molecular weight excluding hydrogens is 230 g/mol. The molecule has 2 aliphatic rings. The average molecular weight is 255 g/mol. The lowest BCUT2D eigenvalue weighted by Crippen LogP contribution is -2.48. The average Bonchev–Trinajstić information content (AvgIpc) is 2.89. The van der Waals surface area contributed by atoms with Crippen LogP contribution in [0.4, 0.5) is 0 Å². The van der Waals surface area contributed by atoms with Gasteiger partial charge in [-0.3, -0.25) is 0 Å². The number of likely N-dealkylation sites (tertiary alicyclic amines) is 2. The van der Waals surface area contributed by atoms with Crippen LogP contribution < -0.4 is 5.32 Å². The first kappa shape index (κ1) is 13.1. The van der Waals surface area contributed by atoms with Crippen molar-refractivity contribution in [2.75, 3.05) is 33.2 Å². The van der Waals surface area contributed by atoms with Crippen LogP contribution >= 0.6 is 12.2 Å². The minimum absolute atomic E-state index is 0.671. The van der Waals surface area contributed by atoms with E-state index in [1.54, 1.807) is 0 Å². The van der Waals surface area contributed by atoms with Gasteiger partial charge in [-0.1, -0.05) is 0 Å². The van der Waals surface area contributed by atoms with Crippen LogP contribution in [0.2, 0.25) is 0 Å². The standard InChI is InChI=1S/C13H25N3S/c1-14-13(17)16-10-3-2-6-12(16)7-11-15-8-4-5-9-15/h12H,2-11H2,1H3,(H,14,17)/t12-/m0/s1. The number of nitrogens with zero attached hydrogens (tertiary/aromatic N) is 2. The van der Waals surface area contributed by atoms with Crippen LogP contribution in [0.5, 0.6) is 0 Å². The molecule has 98 valence electrons. The molecule has 2 rings (SSSR count). The molecule has 3 nitrogen and oxygen atoms in total. The molecule has 1 N–H and O–H groups in total. The van der Waals surface area contributed by atoms with Gasteiger partial charge in [-0.05, 0) is 63.8 Å². The van der Waals surface area contributed by atoms with Gasteiger partial charge in [0.1, 0.15) is 0 Å². The van der Waals surface area contributed by atoms with E-state index in [0.717, 1.165) is 11.7 Å². The lowest BCUT2D eigenvalue weighted by Gasteiger charge is -2.38. The quantitative estimate of drug-likeness (QED) is 0.775. The van der Waals surface area contributed by atoms with Crippen molar-refractivity contribution in [3.8, 4) is 0 Å². The Kier molecular flexibility index (Phi) is 5.04. The zero-order chi connectivity index (χ0) is 12.1. The molecule has 4 heteroatoms. The predicted molar refractivity (Wildman–Crippen MR) is 76.3 cm³/mol. The molecule has 0 aromatic heterocycles. The summed E-state index contributed by atoms with van der Waals surface area (Å²) < 4.78 is 0. The molecule has 2 saturated heterocycles. The molecule has 0 aromatic carbocycles. The highest BCUT2D eigenvalue weighted by Gasteiger charge is 2.24. The topological polar surface area (TPSA) is 18.5 Å². The van der Waals surface area contributed by atoms with E-state index in [9.17, 15) is 0 Å². The maximum absolute atomic E-state index is 5.40. The van der Waals surface area contributed by atoms with E-state index in [0.29, 0.717) is 6.04 Å². The van der Waals surface area contributed by atoms with Gasteiger partial charge in [0.25, 0.3) is 0 Å². The molecule has 0 radical (unpaired) electrons. The van der Waals surface area contributed by atoms with Crippen LogP contribution in [-0.4, -0.2) is 54.2 Å². The monoisotopic (exact) mass is 255 g/mol. The lowest BCUT2D eigenvalue weighted by molar-refractivity contribution is 0.203. The van der Waals surface area contributed by atoms with Crippen LogP contribution in [0.25, 0.3) is 0 Å². The van der Waals surface area contributed by atoms with E-state index in [1.807, 2.05) is 7.05 Å². The van der Waals surface area contributed by atoms with Crippen molar-refractivity contribution in [1.82, 2.24) is 15.1 Å². The molecule has 0 saturated carbocycles. The van der Waals surface area contributed by atoms with Gasteiger partial charge in [0.15, 0.2) is 5.11 Å². The Morgan fingerprint density at radius 1 is 1.18 bits per heavy atom. The second-order valence-corrected chi connectivity index (χ2v) is 5.62. The van der Waals surface area contributed by atoms with Crippen molar-refractivity contribution in [2.45, 2.75) is 44.6 Å². The van der Waals surface area contributed by atoms with Crippen LogP contribution in [0.3, 0.4) is 0 Å². The molecule has 0 bridgehead atoms. The van der Waals surface area contributed by atoms with Gasteiger partial charge in [-0.15, -0.1) is 0 Å². The normalized spacial score (nSPS) is 26.2. The molecule has 2 heterocycles. The molecule has 2 aliphatic heterocycles. The number of piperidine rings is 1. The smallest absolute Gasteiger partial charge is 0.168 e. The SMILES string of the molecule is CNC(=S)N1CCCC[C@H]1CCN1CCCC1. The lowest BCUT2D eigenvalue weighted by atomic mass is 9.99. The van der Waals surface area contributed by atoms with Crippen LogP contribution in [-0.2, 0) is 0 Å². The Balaban J connectivity index is 1.80. The van der Waals surface area contributed by atoms with Gasteiger partial charge in [0.2, 0.25) is 0 Å². The summed E-state index contributed by atoms with van der Waals surface area (Å²) in [6.45, 7) is 5.02. The van der Waals surface area contributed by atoms with Gasteiger partial charge < -0.3 is 15.1 Å². The summed E-state index contributed by atoms with van der Waals surface area (Å²) in [5.41, 5.74) is 0. The van der Waals surface area contributed by atoms with E-state index in [2.05, 4.69) is 15.1 Å². The molecule has 17 heavy (non-hydrogen) atoms. The fraction of sp³-hybridized carbons (Fsp3) is 0.923. The van der Waals surface area contributed by atoms with Crippen molar-refractivity contribution in [1.29, 1.82) is 0 Å². The molecular formula is C13H25N3S. The maximum atomic E-state index is 5.40. The summed E-state index contributed by atoms with van der Waals surface area (Å²) in [5.74, 6) is 0. The fourth-order valence-corrected chi connectivity index (χ4v) is 3.29. The highest BCUT2D eigenvalue weighted by Crippen LogP contribution is 2.21. The van der Waals surface area contributed by atoms with E-state index < -0.39 is 0 Å². The number of nitrogens with one attached hydrogen (secondary N) is 1. The molecule has 1 atom stereocenters. The zero-order valence-corrected chi connectivity index (χ0v) is 11.8. The molecule has 0 amide bonds. The van der Waals surface area contributed by atoms with Crippen molar-refractivity contribution in [3.63, 3.8) is 0 Å². The summed E-state index contributed by atoms with van der Waals surface area (Å²) in [5, 5.41) is 4.08. The third-order valence-corrected chi connectivity index (χ3v) is 4.52. The Labute approximate surface area is 111 Å². The van der Waals surface area contributed by atoms with Gasteiger partial charge in [0.05, 0.1) is 0 Å². The molecule has 0 aliphatic carbocycles. The molecule has 0 unspecified atom stereocenters. The summed E-state index contributed by atoms with van der Waals surface area (Å²) in [7, 11) is 1.94. The molecule has 0 aromatic rings. The van der Waals surface area contributed by atoms with Crippen molar-refractivity contribution in [3.05, 3.63) is 0 Å². The number of rotatable bonds is 3. The Bertz CT molecular complexity index is 251. The first-order valence-electron chi connectivity index (χ1n) is 7.02. The van der Waals surface area contributed by atoms with E-state index in [1.165, 1.54) is 58.2 Å². The summed E-state index contributed by atoms with van der Waals surface area (Å²) >= 11 is 5.40. The van der Waals surface area contributed by atoms with Crippen molar-refractivity contribution in [2.24, 2.45) is 0 Å². The Morgan fingerprint density at radius 3 is 2.59 bits per heavy atom. The van der Waals surface area contributed by atoms with E-state index in [4.69, 9.17) is 12.2 Å². The first-order chi connectivity index (χ1) is 8.31. The van der Waals surface area contributed by atoms with Crippen LogP contribution in [0.15, 0.2) is 0 Å². The highest BCUT2D eigenvalue weighted by atomic mass is 32.1. The minimum atomic E-state index is 0.671. The van der Waals surface area contributed by atoms with E-state index >= 15 is 0 Å². The fourth-order valence-electron chi connectivity index (χ4n) is 3.05. The number of thiocarbonyl (C=S) groups is 1. The Morgan fingerprint density at radius 2 is 1.88 bits per heavy atom. The second kappa shape index (κ2) is 6.55. The van der Waals surface area contributed by atoms with Crippen LogP contribution in [0, 0.1) is 0 Å². The Hall–Kier alpha value is -0.350. The highest BCUT2D eigenvalue weighted by molar-refractivity contribution is 7.80. The van der Waals surface area contributed by atoms with Gasteiger partial charge >= 0.3 is 0 Å². The van der Waals surface area contributed by atoms with Crippen molar-refractivity contribution < 1.29 is 0 Å². The van der Waals surface area contributed by atoms with Crippen molar-refractivity contribution >= 4 is 17.3 Å². The second-order valence-electron chi connectivity index (χ2n) is 5.24. The third kappa shape index (κ3) is 3.55. The van der Waals surface area contributed by atoms with Gasteiger partial charge in [-0.25, -0.2) is 0 Å². The summed E-state index contributed by atoms with van der Waals surface area (Å²) in [6, 6.07) is 0.671. The van der Waals surface area contributed by atoms with Gasteiger partial charge in [0, 0.05) is 26.2 Å². The maximum Gasteiger partial charge on any atom is 0.168 e. The predicted octanol–water partition coefficient (Wildman–Crippen LogP) is 1.83. The van der Waals surface area contributed by atoms with Gasteiger partial charge in [-0.2, -0.15) is 0 Å². The zero-order valence-electron chi connectivity index (χ0n) is 11.0. The molecule has 2 fully saturated rings. The first-order valence-corrected chi connectivity index (χ1v) is 7.43. The van der Waals surface area contributed by atoms with Crippen LogP contribution in [0.1, 0.15) is 38.5 Å².